The summed E-state index contributed by atoms with van der Waals surface area (Å²) in [5, 5.41) is 12.8. The van der Waals surface area contributed by atoms with Crippen LogP contribution in [0.15, 0.2) is 17.5 Å². The molecule has 0 aliphatic heterocycles. The van der Waals surface area contributed by atoms with Crippen molar-refractivity contribution < 1.29 is 19.5 Å². The topological polar surface area (TPSA) is 86.7 Å². The highest BCUT2D eigenvalue weighted by Crippen LogP contribution is 2.09. The molecule has 0 saturated heterocycles. The highest BCUT2D eigenvalue weighted by atomic mass is 32.1. The van der Waals surface area contributed by atoms with Gasteiger partial charge in [0.1, 0.15) is 0 Å². The number of urea groups is 1. The fraction of sp³-hybridized carbons (Fsp3) is 0.500. The highest BCUT2D eigenvalue weighted by molar-refractivity contribution is 7.09. The Morgan fingerprint density at radius 1 is 1.29 bits per heavy atom. The minimum atomic E-state index is -0.875. The molecule has 0 fully saturated rings. The second kappa shape index (κ2) is 9.12. The summed E-state index contributed by atoms with van der Waals surface area (Å²) in [7, 11) is 1.64. The smallest absolute Gasteiger partial charge is 0.323 e. The maximum Gasteiger partial charge on any atom is 0.323 e. The predicted octanol–water partition coefficient (Wildman–Crippen LogP) is 2.10. The molecule has 0 spiro atoms. The number of rotatable bonds is 8. The molecule has 1 aromatic rings. The molecular weight excluding hydrogens is 292 g/mol. The van der Waals surface area contributed by atoms with E-state index in [1.165, 1.54) is 9.78 Å². The summed E-state index contributed by atoms with van der Waals surface area (Å²) in [5.74, 6) is -1.24. The number of nitrogens with zero attached hydrogens (tertiary/aromatic N) is 1. The average Bonchev–Trinajstić information content (AvgIpc) is 2.93. The molecule has 2 N–H and O–H groups in total. The van der Waals surface area contributed by atoms with E-state index in [2.05, 4.69) is 5.32 Å². The fourth-order valence-electron chi connectivity index (χ4n) is 1.67. The Morgan fingerprint density at radius 2 is 2.00 bits per heavy atom. The lowest BCUT2D eigenvalue weighted by molar-refractivity contribution is -0.137. The number of likely N-dealkylation sites (N-methyl/N-ethyl adjacent to an activating group) is 1. The second-order valence-electron chi connectivity index (χ2n) is 4.71. The zero-order valence-electron chi connectivity index (χ0n) is 12.0. The van der Waals surface area contributed by atoms with Gasteiger partial charge in [-0.1, -0.05) is 6.07 Å². The Morgan fingerprint density at radius 3 is 2.62 bits per heavy atom. The first-order chi connectivity index (χ1) is 9.99. The normalized spacial score (nSPS) is 10.1. The van der Waals surface area contributed by atoms with Gasteiger partial charge in [0.2, 0.25) is 5.91 Å². The van der Waals surface area contributed by atoms with Crippen molar-refractivity contribution in [2.45, 2.75) is 32.1 Å². The van der Waals surface area contributed by atoms with Crippen LogP contribution in [0.2, 0.25) is 0 Å². The molecule has 0 saturated carbocycles. The van der Waals surface area contributed by atoms with Gasteiger partial charge < -0.3 is 10.0 Å². The monoisotopic (exact) mass is 312 g/mol. The van der Waals surface area contributed by atoms with Crippen LogP contribution in [0.1, 0.15) is 30.6 Å². The molecule has 0 bridgehead atoms. The van der Waals surface area contributed by atoms with E-state index in [1.54, 1.807) is 18.4 Å². The first-order valence-corrected chi connectivity index (χ1v) is 7.66. The molecule has 7 heteroatoms. The highest BCUT2D eigenvalue weighted by Gasteiger charge is 2.12. The van der Waals surface area contributed by atoms with E-state index in [9.17, 15) is 14.4 Å². The summed E-state index contributed by atoms with van der Waals surface area (Å²) >= 11 is 1.63. The lowest BCUT2D eigenvalue weighted by Crippen LogP contribution is -2.41. The number of imide groups is 1. The summed E-state index contributed by atoms with van der Waals surface area (Å²) in [6, 6.07) is 3.54. The third-order valence-electron chi connectivity index (χ3n) is 2.91. The molecule has 0 unspecified atom stereocenters. The molecule has 6 nitrogen and oxygen atoms in total. The Kier molecular flexibility index (Phi) is 7.45. The van der Waals surface area contributed by atoms with Gasteiger partial charge in [-0.2, -0.15) is 0 Å². The molecule has 1 rings (SSSR count). The molecular formula is C14H20N2O4S. The number of carbonyl (C=O) groups is 3. The van der Waals surface area contributed by atoms with Gasteiger partial charge in [-0.3, -0.25) is 14.9 Å². The van der Waals surface area contributed by atoms with Crippen molar-refractivity contribution in [1.29, 1.82) is 0 Å². The van der Waals surface area contributed by atoms with Gasteiger partial charge in [-0.15, -0.1) is 11.3 Å². The van der Waals surface area contributed by atoms with Gasteiger partial charge in [0, 0.05) is 31.3 Å². The van der Waals surface area contributed by atoms with Gasteiger partial charge in [-0.25, -0.2) is 4.79 Å². The van der Waals surface area contributed by atoms with E-state index < -0.39 is 12.0 Å². The minimum Gasteiger partial charge on any atom is -0.481 e. The zero-order chi connectivity index (χ0) is 15.7. The molecule has 1 heterocycles. The summed E-state index contributed by atoms with van der Waals surface area (Å²) in [6.07, 6.45) is 1.86. The summed E-state index contributed by atoms with van der Waals surface area (Å²) in [5.41, 5.74) is 0. The van der Waals surface area contributed by atoms with Crippen molar-refractivity contribution in [2.24, 2.45) is 0 Å². The van der Waals surface area contributed by atoms with Gasteiger partial charge in [0.25, 0.3) is 0 Å². The molecule has 0 aliphatic carbocycles. The Labute approximate surface area is 127 Å². The molecule has 0 radical (unpaired) electrons. The van der Waals surface area contributed by atoms with Crippen molar-refractivity contribution >= 4 is 29.2 Å². The van der Waals surface area contributed by atoms with Crippen molar-refractivity contribution in [1.82, 2.24) is 10.2 Å². The van der Waals surface area contributed by atoms with Crippen LogP contribution in [0.5, 0.6) is 0 Å². The van der Waals surface area contributed by atoms with E-state index in [-0.39, 0.29) is 18.7 Å². The number of hydrogen-bond acceptors (Lipinski definition) is 4. The number of unbranched alkanes of at least 4 members (excludes halogenated alkanes) is 1. The lowest BCUT2D eigenvalue weighted by atomic mass is 10.2. The largest absolute Gasteiger partial charge is 0.481 e. The van der Waals surface area contributed by atoms with E-state index >= 15 is 0 Å². The molecule has 0 aliphatic rings. The lowest BCUT2D eigenvalue weighted by Gasteiger charge is -2.16. The number of hydrogen-bond donors (Lipinski definition) is 2. The number of aliphatic carboxylic acids is 1. The molecule has 21 heavy (non-hydrogen) atoms. The molecule has 3 amide bonds. The van der Waals surface area contributed by atoms with E-state index in [1.807, 2.05) is 17.5 Å². The van der Waals surface area contributed by atoms with E-state index in [0.29, 0.717) is 19.4 Å². The Balaban J connectivity index is 2.18. The zero-order valence-corrected chi connectivity index (χ0v) is 12.8. The SMILES string of the molecule is CN(CCc1cccs1)C(=O)NC(=O)CCCCC(=O)O. The Hall–Kier alpha value is -1.89. The van der Waals surface area contributed by atoms with E-state index in [4.69, 9.17) is 5.11 Å². The van der Waals surface area contributed by atoms with Crippen molar-refractivity contribution in [3.05, 3.63) is 22.4 Å². The van der Waals surface area contributed by atoms with Crippen LogP contribution in [-0.4, -0.2) is 41.5 Å². The predicted molar refractivity (Wildman–Crippen MR) is 80.3 cm³/mol. The number of thiophene rings is 1. The van der Waals surface area contributed by atoms with E-state index in [0.717, 1.165) is 6.42 Å². The number of amides is 3. The first kappa shape index (κ1) is 17.2. The minimum absolute atomic E-state index is 0.0436. The third-order valence-corrected chi connectivity index (χ3v) is 3.85. The van der Waals surface area contributed by atoms with Crippen LogP contribution in [0.25, 0.3) is 0 Å². The summed E-state index contributed by atoms with van der Waals surface area (Å²) in [6.45, 7) is 0.540. The number of carboxylic acid groups (broad SMARTS) is 1. The van der Waals surface area contributed by atoms with Crippen LogP contribution in [0.4, 0.5) is 4.79 Å². The fourth-order valence-corrected chi connectivity index (χ4v) is 2.37. The van der Waals surface area contributed by atoms with Gasteiger partial charge >= 0.3 is 12.0 Å². The molecule has 0 atom stereocenters. The van der Waals surface area contributed by atoms with Gasteiger partial charge in [0.05, 0.1) is 0 Å². The standard InChI is InChI=1S/C14H20N2O4S/c1-16(9-8-11-5-4-10-21-11)14(20)15-12(17)6-2-3-7-13(18)19/h4-5,10H,2-3,6-9H2,1H3,(H,18,19)(H,15,17,20). The number of nitrogens with one attached hydrogen (secondary N) is 1. The summed E-state index contributed by atoms with van der Waals surface area (Å²) in [4.78, 5) is 36.3. The molecule has 0 aromatic carbocycles. The maximum atomic E-state index is 11.8. The van der Waals surface area contributed by atoms with Gasteiger partial charge in [-0.05, 0) is 30.7 Å². The quantitative estimate of drug-likeness (QED) is 0.720. The van der Waals surface area contributed by atoms with Crippen LogP contribution in [-0.2, 0) is 16.0 Å². The van der Waals surface area contributed by atoms with Crippen molar-refractivity contribution in [3.8, 4) is 0 Å². The maximum absolute atomic E-state index is 11.8. The van der Waals surface area contributed by atoms with Crippen LogP contribution >= 0.6 is 11.3 Å². The van der Waals surface area contributed by atoms with Crippen LogP contribution < -0.4 is 5.32 Å². The first-order valence-electron chi connectivity index (χ1n) is 6.78. The molecule has 1 aromatic heterocycles. The molecule has 116 valence electrons. The number of carboxylic acids is 1. The average molecular weight is 312 g/mol. The summed E-state index contributed by atoms with van der Waals surface area (Å²) < 4.78 is 0. The van der Waals surface area contributed by atoms with Crippen molar-refractivity contribution in [2.75, 3.05) is 13.6 Å². The van der Waals surface area contributed by atoms with Crippen LogP contribution in [0, 0.1) is 0 Å². The van der Waals surface area contributed by atoms with Gasteiger partial charge in [0.15, 0.2) is 0 Å². The third kappa shape index (κ3) is 7.45. The van der Waals surface area contributed by atoms with Crippen LogP contribution in [0.3, 0.4) is 0 Å². The van der Waals surface area contributed by atoms with Crippen molar-refractivity contribution in [3.63, 3.8) is 0 Å². The number of carbonyl (C=O) groups excluding carboxylic acids is 2. The second-order valence-corrected chi connectivity index (χ2v) is 5.74. The Bertz CT molecular complexity index is 473.